The average molecular weight is 685 g/mol. The number of Topliss-reactive ketones (excluding diaryl/α,β-unsaturated/α-hetero) is 1. The molecular formula is C33H51F3N6O6. The molecule has 3 fully saturated rings. The van der Waals surface area contributed by atoms with Crippen LogP contribution in [-0.4, -0.2) is 95.2 Å². The maximum absolute atomic E-state index is 14.4. The van der Waals surface area contributed by atoms with Gasteiger partial charge in [0.25, 0.3) is 5.91 Å². The number of halogens is 3. The van der Waals surface area contributed by atoms with Gasteiger partial charge in [0.2, 0.25) is 23.5 Å². The summed E-state index contributed by atoms with van der Waals surface area (Å²) in [7, 11) is 0. The molecule has 2 aliphatic heterocycles. The molecular weight excluding hydrogens is 633 g/mol. The highest BCUT2D eigenvalue weighted by Crippen LogP contribution is 2.60. The van der Waals surface area contributed by atoms with E-state index in [1.807, 2.05) is 34.6 Å². The molecule has 3 rings (SSSR count). The Hall–Kier alpha value is -3.65. The first kappa shape index (κ1) is 38.8. The van der Waals surface area contributed by atoms with Crippen LogP contribution in [-0.2, 0) is 24.0 Å². The fourth-order valence-electron chi connectivity index (χ4n) is 7.10. The third-order valence-electron chi connectivity index (χ3n) is 9.95. The number of primary amides is 1. The minimum Gasteiger partial charge on any atom is -0.363 e. The molecule has 15 heteroatoms. The molecule has 1 aliphatic carbocycles. The van der Waals surface area contributed by atoms with E-state index in [0.717, 1.165) is 18.4 Å². The zero-order chi connectivity index (χ0) is 36.7. The van der Waals surface area contributed by atoms with Gasteiger partial charge < -0.3 is 31.5 Å². The van der Waals surface area contributed by atoms with Crippen molar-refractivity contribution in [2.45, 2.75) is 111 Å². The Morgan fingerprint density at radius 3 is 1.85 bits per heavy atom. The molecule has 270 valence electrons. The van der Waals surface area contributed by atoms with Crippen LogP contribution in [0.4, 0.5) is 18.0 Å². The Morgan fingerprint density at radius 2 is 1.40 bits per heavy atom. The summed E-state index contributed by atoms with van der Waals surface area (Å²) in [5.41, 5.74) is 3.63. The van der Waals surface area contributed by atoms with Crippen molar-refractivity contribution in [1.82, 2.24) is 25.8 Å². The lowest BCUT2D eigenvalue weighted by molar-refractivity contribution is -0.147. The van der Waals surface area contributed by atoms with Crippen LogP contribution in [0.1, 0.15) is 81.1 Å². The van der Waals surface area contributed by atoms with Crippen LogP contribution in [0.25, 0.3) is 0 Å². The van der Waals surface area contributed by atoms with E-state index in [2.05, 4.69) is 22.5 Å². The first-order valence-corrected chi connectivity index (χ1v) is 16.4. The molecule has 0 bridgehead atoms. The number of carbonyl (C=O) groups excluding carboxylic acids is 6. The number of carbonyl (C=O) groups is 6. The van der Waals surface area contributed by atoms with Gasteiger partial charge in [-0.2, -0.15) is 13.2 Å². The van der Waals surface area contributed by atoms with E-state index in [0.29, 0.717) is 13.1 Å². The molecule has 0 aromatic carbocycles. The van der Waals surface area contributed by atoms with Crippen molar-refractivity contribution in [1.29, 1.82) is 0 Å². The van der Waals surface area contributed by atoms with Crippen molar-refractivity contribution in [2.24, 2.45) is 33.8 Å². The first-order chi connectivity index (χ1) is 21.8. The molecule has 3 aliphatic rings. The second kappa shape index (κ2) is 13.7. The maximum Gasteiger partial charge on any atom is 0.389 e. The summed E-state index contributed by atoms with van der Waals surface area (Å²) in [6.45, 7) is 19.6. The van der Waals surface area contributed by atoms with E-state index in [4.69, 9.17) is 5.73 Å². The normalized spacial score (nSPS) is 24.1. The summed E-state index contributed by atoms with van der Waals surface area (Å²) in [6, 6.07) is -5.98. The van der Waals surface area contributed by atoms with Crippen LogP contribution in [0.5, 0.6) is 0 Å². The third kappa shape index (κ3) is 8.31. The summed E-state index contributed by atoms with van der Waals surface area (Å²) in [5.74, 6) is -5.53. The molecule has 2 saturated heterocycles. The number of urea groups is 1. The van der Waals surface area contributed by atoms with Crippen LogP contribution in [0, 0.1) is 28.1 Å². The number of hydrogen-bond donors (Lipinski definition) is 4. The number of nitrogens with two attached hydrogens (primary N) is 1. The summed E-state index contributed by atoms with van der Waals surface area (Å²) in [5, 5.41) is 7.77. The number of fused-ring (bicyclic) bond motifs is 1. The number of hydrogen-bond acceptors (Lipinski definition) is 6. The summed E-state index contributed by atoms with van der Waals surface area (Å²) in [4.78, 5) is 82.3. The first-order valence-electron chi connectivity index (χ1n) is 16.4. The molecule has 0 spiro atoms. The van der Waals surface area contributed by atoms with E-state index in [-0.39, 0.29) is 18.4 Å². The van der Waals surface area contributed by atoms with Crippen LogP contribution in [0.15, 0.2) is 12.2 Å². The quantitative estimate of drug-likeness (QED) is 0.204. The molecule has 2 heterocycles. The smallest absolute Gasteiger partial charge is 0.363 e. The van der Waals surface area contributed by atoms with Crippen LogP contribution < -0.4 is 21.7 Å². The van der Waals surface area contributed by atoms with Gasteiger partial charge in [-0.25, -0.2) is 4.79 Å². The Balaban J connectivity index is 1.92. The van der Waals surface area contributed by atoms with Crippen molar-refractivity contribution in [3.8, 4) is 0 Å². The highest BCUT2D eigenvalue weighted by molar-refractivity contribution is 6.37. The monoisotopic (exact) mass is 684 g/mol. The van der Waals surface area contributed by atoms with Crippen LogP contribution in [0.3, 0.4) is 0 Å². The minimum atomic E-state index is -4.67. The van der Waals surface area contributed by atoms with Gasteiger partial charge >= 0.3 is 12.2 Å². The number of ketones is 1. The number of alkyl halides is 3. The van der Waals surface area contributed by atoms with Crippen molar-refractivity contribution in [3.63, 3.8) is 0 Å². The summed E-state index contributed by atoms with van der Waals surface area (Å²) >= 11 is 0. The van der Waals surface area contributed by atoms with Crippen LogP contribution >= 0.6 is 0 Å². The van der Waals surface area contributed by atoms with Gasteiger partial charge in [-0.05, 0) is 35.5 Å². The maximum atomic E-state index is 14.4. The van der Waals surface area contributed by atoms with Gasteiger partial charge in [0.05, 0.1) is 6.04 Å². The molecule has 5 N–H and O–H groups in total. The Labute approximate surface area is 280 Å². The van der Waals surface area contributed by atoms with Gasteiger partial charge in [-0.3, -0.25) is 24.0 Å². The molecule has 6 amide bonds. The van der Waals surface area contributed by atoms with Gasteiger partial charge in [-0.15, -0.1) is 0 Å². The lowest BCUT2D eigenvalue weighted by atomic mass is 9.52. The summed E-state index contributed by atoms with van der Waals surface area (Å²) in [6.07, 6.45) is -5.32. The molecule has 48 heavy (non-hydrogen) atoms. The number of amides is 6. The fourth-order valence-corrected chi connectivity index (χ4v) is 7.10. The number of likely N-dealkylation sites (tertiary alicyclic amines) is 2. The lowest BCUT2D eigenvalue weighted by Gasteiger charge is -2.51. The lowest BCUT2D eigenvalue weighted by Crippen LogP contribution is -2.63. The molecule has 12 nitrogen and oxygen atoms in total. The fraction of sp³-hybridized carbons (Fsp3) is 0.758. The predicted octanol–water partition coefficient (Wildman–Crippen LogP) is 2.66. The topological polar surface area (TPSA) is 171 Å². The van der Waals surface area contributed by atoms with Crippen molar-refractivity contribution < 1.29 is 41.9 Å². The molecule has 0 aromatic heterocycles. The van der Waals surface area contributed by atoms with E-state index >= 15 is 0 Å². The zero-order valence-corrected chi connectivity index (χ0v) is 29.2. The predicted molar refractivity (Wildman–Crippen MR) is 171 cm³/mol. The second-order valence-electron chi connectivity index (χ2n) is 16.0. The van der Waals surface area contributed by atoms with Crippen molar-refractivity contribution >= 4 is 35.4 Å². The number of nitrogens with one attached hydrogen (secondary N) is 3. The highest BCUT2D eigenvalue weighted by atomic mass is 19.4. The van der Waals surface area contributed by atoms with Gasteiger partial charge in [0.1, 0.15) is 18.1 Å². The van der Waals surface area contributed by atoms with E-state index in [1.165, 1.54) is 4.90 Å². The highest BCUT2D eigenvalue weighted by Gasteiger charge is 2.64. The third-order valence-corrected chi connectivity index (χ3v) is 9.95. The number of rotatable bonds is 10. The molecule has 6 atom stereocenters. The van der Waals surface area contributed by atoms with Crippen molar-refractivity contribution in [2.75, 3.05) is 19.6 Å². The zero-order valence-electron chi connectivity index (χ0n) is 29.2. The summed E-state index contributed by atoms with van der Waals surface area (Å²) < 4.78 is 39.2. The van der Waals surface area contributed by atoms with E-state index in [1.54, 1.807) is 25.7 Å². The van der Waals surface area contributed by atoms with Gasteiger partial charge in [0, 0.05) is 37.9 Å². The van der Waals surface area contributed by atoms with E-state index < -0.39 is 94.9 Å². The Bertz CT molecular complexity index is 1330. The average Bonchev–Trinajstić information content (AvgIpc) is 3.62. The SMILES string of the molecule is C=C1[C@H]2CN(C(=O)[C@@H](NC(=O)N[C@H](C(=O)N3CCCC3)C(C)(C)C)C(C)(C)C)[C@H](C(=O)NC(CCC(F)(F)F)C(=O)C(N)=O)[C@H]2C1(C)C. The number of nitrogens with zero attached hydrogens (tertiary/aromatic N) is 2. The second-order valence-corrected chi connectivity index (χ2v) is 16.0. The molecule has 0 radical (unpaired) electrons. The molecule has 0 aromatic rings. The molecule has 1 unspecified atom stereocenters. The largest absolute Gasteiger partial charge is 0.389 e. The standard InChI is InChI=1S/C33H51F3N6O6/c1-17-18-16-42(21(20(18)32(17,8)9)26(45)38-19(22(43)25(37)44)12-13-33(34,35)36)28(47)24(31(5,6)7)40-29(48)39-23(30(2,3)4)27(46)41-14-10-11-15-41/h18-21,23-24H,1,10-16H2,2-9H3,(H2,37,44)(H,38,45)(H2,39,40,48)/t18-,19?,20+,21+,23-,24-/m1/s1. The Kier molecular flexibility index (Phi) is 11.1. The van der Waals surface area contributed by atoms with Crippen molar-refractivity contribution in [3.05, 3.63) is 12.2 Å². The molecule has 1 saturated carbocycles. The minimum absolute atomic E-state index is 0.0365. The van der Waals surface area contributed by atoms with Gasteiger partial charge in [0.15, 0.2) is 0 Å². The Morgan fingerprint density at radius 1 is 0.896 bits per heavy atom. The van der Waals surface area contributed by atoms with Crippen LogP contribution in [0.2, 0.25) is 0 Å². The van der Waals surface area contributed by atoms with E-state index in [9.17, 15) is 41.9 Å². The van der Waals surface area contributed by atoms with Gasteiger partial charge in [-0.1, -0.05) is 67.5 Å².